The van der Waals surface area contributed by atoms with Crippen LogP contribution in [0.3, 0.4) is 0 Å². The van der Waals surface area contributed by atoms with E-state index >= 15 is 0 Å². The smallest absolute Gasteiger partial charge is 0.387 e. The second-order valence-electron chi connectivity index (χ2n) is 11.3. The van der Waals surface area contributed by atoms with Crippen LogP contribution in [0.1, 0.15) is 36.1 Å². The van der Waals surface area contributed by atoms with Gasteiger partial charge in [0.1, 0.15) is 11.5 Å². The van der Waals surface area contributed by atoms with Crippen LogP contribution in [0.4, 0.5) is 17.6 Å². The van der Waals surface area contributed by atoms with Gasteiger partial charge in [0, 0.05) is 33.2 Å². The van der Waals surface area contributed by atoms with Gasteiger partial charge in [0.25, 0.3) is 11.1 Å². The lowest BCUT2D eigenvalue weighted by Gasteiger charge is -2.18. The van der Waals surface area contributed by atoms with E-state index in [1.807, 2.05) is 33.6 Å². The van der Waals surface area contributed by atoms with Gasteiger partial charge in [-0.3, -0.25) is 19.0 Å². The Bertz CT molecular complexity index is 2120. The van der Waals surface area contributed by atoms with Crippen LogP contribution in [0.25, 0.3) is 21.8 Å². The van der Waals surface area contributed by atoms with Gasteiger partial charge in [0.15, 0.2) is 0 Å². The van der Waals surface area contributed by atoms with Crippen LogP contribution in [0.2, 0.25) is 0 Å². The van der Waals surface area contributed by atoms with Crippen LogP contribution in [-0.4, -0.2) is 32.0 Å². The number of fused-ring (bicyclic) bond motifs is 6. The lowest BCUT2D eigenvalue weighted by molar-refractivity contribution is -0.0513. The summed E-state index contributed by atoms with van der Waals surface area (Å²) in [6.45, 7) is -4.69. The van der Waals surface area contributed by atoms with Crippen molar-refractivity contribution in [1.82, 2.24) is 18.7 Å². The first kappa shape index (κ1) is 32.3. The van der Waals surface area contributed by atoms with Gasteiger partial charge in [0.05, 0.1) is 33.9 Å². The van der Waals surface area contributed by atoms with E-state index in [2.05, 4.69) is 41.3 Å². The van der Waals surface area contributed by atoms with Crippen molar-refractivity contribution in [2.45, 2.75) is 51.2 Å². The summed E-state index contributed by atoms with van der Waals surface area (Å²) in [6, 6.07) is 24.0. The predicted octanol–water partition coefficient (Wildman–Crippen LogP) is 8.32. The molecule has 0 aliphatic carbocycles. The summed E-state index contributed by atoms with van der Waals surface area (Å²) in [6.07, 6.45) is 1.31. The monoisotopic (exact) mass is 788 g/mol. The Morgan fingerprint density at radius 2 is 1.00 bits per heavy atom. The van der Waals surface area contributed by atoms with Crippen LogP contribution in [-0.2, 0) is 13.1 Å². The Balaban J connectivity index is 0.000000152. The number of ether oxygens (including phenoxy) is 2. The first-order valence-corrected chi connectivity index (χ1v) is 16.6. The zero-order chi connectivity index (χ0) is 33.7. The number of halogens is 6. The molecule has 4 heterocycles. The molecule has 2 aromatic heterocycles. The van der Waals surface area contributed by atoms with Gasteiger partial charge in [-0.25, -0.2) is 9.36 Å². The second-order valence-corrected chi connectivity index (χ2v) is 13.1. The van der Waals surface area contributed by atoms with E-state index in [0.29, 0.717) is 47.8 Å². The van der Waals surface area contributed by atoms with Crippen LogP contribution in [0.5, 0.6) is 11.5 Å². The van der Waals surface area contributed by atoms with Gasteiger partial charge < -0.3 is 9.47 Å². The number of aromatic nitrogens is 4. The molecule has 0 radical (unpaired) electrons. The van der Waals surface area contributed by atoms with Gasteiger partial charge in [-0.05, 0) is 61.4 Å². The minimum Gasteiger partial charge on any atom is -0.434 e. The van der Waals surface area contributed by atoms with Gasteiger partial charge >= 0.3 is 13.2 Å². The topological polar surface area (TPSA) is 72.3 Å². The third kappa shape index (κ3) is 5.74. The normalized spacial score (nSPS) is 16.8. The van der Waals surface area contributed by atoms with E-state index in [1.54, 1.807) is 57.9 Å². The molecule has 48 heavy (non-hydrogen) atoms. The first-order valence-electron chi connectivity index (χ1n) is 15.0. The highest BCUT2D eigenvalue weighted by Crippen LogP contribution is 2.38. The number of alkyl halides is 4. The average molecular weight is 790 g/mol. The molecule has 248 valence electrons. The summed E-state index contributed by atoms with van der Waals surface area (Å²) in [7, 11) is 0. The van der Waals surface area contributed by atoms with E-state index in [9.17, 15) is 27.2 Å². The van der Waals surface area contributed by atoms with Crippen LogP contribution >= 0.6 is 31.9 Å². The Morgan fingerprint density at radius 1 is 0.604 bits per heavy atom. The van der Waals surface area contributed by atoms with Crippen LogP contribution in [0, 0.1) is 0 Å². The maximum Gasteiger partial charge on any atom is 0.387 e. The number of para-hydroxylation sites is 2. The Hall–Kier alpha value is -4.30. The molecule has 0 saturated carbocycles. The number of nitrogens with zero attached hydrogens (tertiary/aromatic N) is 4. The van der Waals surface area contributed by atoms with E-state index in [-0.39, 0.29) is 34.7 Å². The van der Waals surface area contributed by atoms with Gasteiger partial charge in [-0.1, -0.05) is 68.3 Å². The van der Waals surface area contributed by atoms with Crippen molar-refractivity contribution in [2.24, 2.45) is 0 Å². The van der Waals surface area contributed by atoms with Crippen molar-refractivity contribution in [3.63, 3.8) is 0 Å². The summed E-state index contributed by atoms with van der Waals surface area (Å²) >= 11 is 6.85. The van der Waals surface area contributed by atoms with Gasteiger partial charge in [-0.15, -0.1) is 0 Å². The van der Waals surface area contributed by atoms with Crippen molar-refractivity contribution in [3.05, 3.63) is 126 Å². The molecule has 0 N–H and O–H groups in total. The summed E-state index contributed by atoms with van der Waals surface area (Å²) in [5, 5.41) is 1.24. The van der Waals surface area contributed by atoms with Crippen molar-refractivity contribution in [3.8, 4) is 11.5 Å². The largest absolute Gasteiger partial charge is 0.434 e. The molecule has 2 aliphatic rings. The standard InChI is InChI=1S/2C17H13BrF2N2O2/c2*18-10-5-6-12-14(9-10)22-13(7-8-21(22)16(12)23)11-3-1-2-4-15(11)24-17(19)20/h2*1-6,9,13,17H,7-8H2/t13-;/m1./s1. The average Bonchev–Trinajstić information content (AvgIpc) is 3.80. The summed E-state index contributed by atoms with van der Waals surface area (Å²) < 4.78 is 69.0. The zero-order valence-electron chi connectivity index (χ0n) is 24.9. The predicted molar refractivity (Wildman–Crippen MR) is 179 cm³/mol. The molecule has 0 amide bonds. The molecule has 0 bridgehead atoms. The molecule has 0 spiro atoms. The Kier molecular flexibility index (Phi) is 8.71. The Morgan fingerprint density at radius 3 is 1.40 bits per heavy atom. The van der Waals surface area contributed by atoms with Crippen molar-refractivity contribution < 1.29 is 27.0 Å². The van der Waals surface area contributed by atoms with Crippen LogP contribution in [0.15, 0.2) is 103 Å². The van der Waals surface area contributed by atoms with E-state index in [4.69, 9.17) is 0 Å². The maximum atomic E-state index is 12.7. The second kappa shape index (κ2) is 13.0. The van der Waals surface area contributed by atoms with E-state index in [0.717, 1.165) is 20.0 Å². The molecule has 2 aliphatic heterocycles. The van der Waals surface area contributed by atoms with E-state index in [1.165, 1.54) is 12.1 Å². The molecule has 8 nitrogen and oxygen atoms in total. The summed E-state index contributed by atoms with van der Waals surface area (Å²) in [4.78, 5) is 25.1. The number of benzene rings is 4. The first-order chi connectivity index (χ1) is 23.1. The minimum absolute atomic E-state index is 0.0627. The number of rotatable bonds is 6. The van der Waals surface area contributed by atoms with Crippen molar-refractivity contribution >= 4 is 53.7 Å². The molecule has 0 fully saturated rings. The fourth-order valence-electron chi connectivity index (χ4n) is 6.80. The van der Waals surface area contributed by atoms with Crippen molar-refractivity contribution in [1.29, 1.82) is 0 Å². The third-order valence-electron chi connectivity index (χ3n) is 8.67. The molecule has 14 heteroatoms. The zero-order valence-corrected chi connectivity index (χ0v) is 28.1. The maximum absolute atomic E-state index is 12.7. The fraction of sp³-hybridized carbons (Fsp3) is 0.235. The highest BCUT2D eigenvalue weighted by atomic mass is 79.9. The molecule has 8 rings (SSSR count). The van der Waals surface area contributed by atoms with Gasteiger partial charge in [0.2, 0.25) is 0 Å². The molecule has 4 aromatic carbocycles. The molecule has 1 unspecified atom stereocenters. The molecule has 2 atom stereocenters. The highest BCUT2D eigenvalue weighted by Gasteiger charge is 2.31. The highest BCUT2D eigenvalue weighted by molar-refractivity contribution is 9.10. The summed E-state index contributed by atoms with van der Waals surface area (Å²) in [5.41, 5.74) is 2.74. The number of hydrogen-bond acceptors (Lipinski definition) is 4. The lowest BCUT2D eigenvalue weighted by atomic mass is 10.0. The number of hydrogen-bond donors (Lipinski definition) is 0. The van der Waals surface area contributed by atoms with Crippen LogP contribution < -0.4 is 20.6 Å². The minimum atomic E-state index is -2.88. The van der Waals surface area contributed by atoms with Gasteiger partial charge in [-0.2, -0.15) is 17.6 Å². The summed E-state index contributed by atoms with van der Waals surface area (Å²) in [5.74, 6) is 0.297. The fourth-order valence-corrected chi connectivity index (χ4v) is 7.50. The third-order valence-corrected chi connectivity index (χ3v) is 9.66. The quantitative estimate of drug-likeness (QED) is 0.159. The Labute approximate surface area is 286 Å². The van der Waals surface area contributed by atoms with Crippen molar-refractivity contribution in [2.75, 3.05) is 0 Å². The van der Waals surface area contributed by atoms with E-state index < -0.39 is 13.2 Å². The molecular weight excluding hydrogens is 764 g/mol. The SMILES string of the molecule is O=c1c2ccc(Br)cc2n2n1CCC2c1ccccc1OC(F)F.O=c1c2ccc(Br)cc2n2n1CC[C@@H]2c1ccccc1OC(F)F. The molecule has 0 saturated heterocycles. The molecule has 6 aromatic rings. The lowest BCUT2D eigenvalue weighted by Crippen LogP contribution is -2.18. The molecular formula is C34H26Br2F4N4O4.